The van der Waals surface area contributed by atoms with Gasteiger partial charge in [-0.25, -0.2) is 17.6 Å². The highest BCUT2D eigenvalue weighted by Crippen LogP contribution is 2.16. The van der Waals surface area contributed by atoms with Crippen LogP contribution in [-0.4, -0.2) is 62.6 Å². The average molecular weight is 419 g/mol. The number of hydrogen-bond donors (Lipinski definition) is 1. The van der Waals surface area contributed by atoms with E-state index in [2.05, 4.69) is 5.32 Å². The number of halogens is 1. The normalized spacial score (nSPS) is 15.0. The highest BCUT2D eigenvalue weighted by atomic mass is 32.2. The van der Waals surface area contributed by atoms with Gasteiger partial charge in [0.25, 0.3) is 5.91 Å². The molecule has 9 heteroatoms. The number of carbonyl (C=O) groups excluding carboxylic acids is 2. The zero-order valence-corrected chi connectivity index (χ0v) is 16.8. The lowest BCUT2D eigenvalue weighted by molar-refractivity contribution is 0.0762. The van der Waals surface area contributed by atoms with Gasteiger partial charge in [-0.3, -0.25) is 4.79 Å². The van der Waals surface area contributed by atoms with Crippen molar-refractivity contribution in [2.45, 2.75) is 11.3 Å². The van der Waals surface area contributed by atoms with Gasteiger partial charge in [-0.15, -0.1) is 0 Å². The molecule has 0 saturated carbocycles. The molecule has 0 aromatic heterocycles. The topological polar surface area (TPSA) is 86.8 Å². The molecule has 29 heavy (non-hydrogen) atoms. The van der Waals surface area contributed by atoms with Crippen LogP contribution < -0.4 is 5.32 Å². The number of rotatable bonds is 3. The average Bonchev–Trinajstić information content (AvgIpc) is 2.93. The molecule has 1 N–H and O–H groups in total. The molecular weight excluding hydrogens is 397 g/mol. The van der Waals surface area contributed by atoms with E-state index in [9.17, 15) is 22.4 Å². The summed E-state index contributed by atoms with van der Waals surface area (Å²) in [7, 11) is -3.41. The van der Waals surface area contributed by atoms with Crippen molar-refractivity contribution in [1.82, 2.24) is 9.80 Å². The van der Waals surface area contributed by atoms with Crippen molar-refractivity contribution in [3.63, 3.8) is 0 Å². The third-order valence-corrected chi connectivity index (χ3v) is 5.77. The number of nitrogens with one attached hydrogen (secondary N) is 1. The SMILES string of the molecule is CS(=O)(=O)c1cccc(C(=O)N2CCCN(C(=O)Nc3cccc(F)c3)CC2)c1. The molecule has 1 heterocycles. The second kappa shape index (κ2) is 8.60. The van der Waals surface area contributed by atoms with E-state index in [4.69, 9.17) is 0 Å². The Kier molecular flexibility index (Phi) is 6.17. The van der Waals surface area contributed by atoms with E-state index in [1.165, 1.54) is 30.3 Å². The van der Waals surface area contributed by atoms with Crippen LogP contribution in [0.2, 0.25) is 0 Å². The molecule has 7 nitrogen and oxygen atoms in total. The largest absolute Gasteiger partial charge is 0.337 e. The molecule has 0 aliphatic carbocycles. The Hall–Kier alpha value is -2.94. The lowest BCUT2D eigenvalue weighted by atomic mass is 10.2. The van der Waals surface area contributed by atoms with Gasteiger partial charge in [0.2, 0.25) is 0 Å². The number of urea groups is 1. The van der Waals surface area contributed by atoms with Crippen molar-refractivity contribution in [2.24, 2.45) is 0 Å². The Labute approximate surface area is 169 Å². The number of hydrogen-bond acceptors (Lipinski definition) is 4. The summed E-state index contributed by atoms with van der Waals surface area (Å²) in [4.78, 5) is 28.5. The monoisotopic (exact) mass is 419 g/mol. The van der Waals surface area contributed by atoms with Gasteiger partial charge in [0.1, 0.15) is 5.82 Å². The summed E-state index contributed by atoms with van der Waals surface area (Å²) in [5.41, 5.74) is 0.662. The first kappa shape index (κ1) is 20.8. The van der Waals surface area contributed by atoms with Gasteiger partial charge in [0.15, 0.2) is 9.84 Å². The number of sulfone groups is 1. The first-order valence-corrected chi connectivity index (χ1v) is 11.0. The maximum Gasteiger partial charge on any atom is 0.321 e. The Morgan fingerprint density at radius 1 is 0.966 bits per heavy atom. The fourth-order valence-corrected chi connectivity index (χ4v) is 3.80. The molecule has 3 amide bonds. The molecule has 3 rings (SSSR count). The smallest absolute Gasteiger partial charge is 0.321 e. The summed E-state index contributed by atoms with van der Waals surface area (Å²) in [6, 6.07) is 11.2. The quantitative estimate of drug-likeness (QED) is 0.829. The number of anilines is 1. The van der Waals surface area contributed by atoms with Gasteiger partial charge in [0, 0.05) is 43.7 Å². The summed E-state index contributed by atoms with van der Waals surface area (Å²) in [6.45, 7) is 1.54. The molecule has 0 bridgehead atoms. The Morgan fingerprint density at radius 2 is 1.66 bits per heavy atom. The highest BCUT2D eigenvalue weighted by molar-refractivity contribution is 7.90. The molecule has 1 fully saturated rings. The lowest BCUT2D eigenvalue weighted by Crippen LogP contribution is -2.39. The molecular formula is C20H22FN3O4S. The van der Waals surface area contributed by atoms with Gasteiger partial charge >= 0.3 is 6.03 Å². The number of nitrogens with zero attached hydrogens (tertiary/aromatic N) is 2. The van der Waals surface area contributed by atoms with Crippen molar-refractivity contribution in [3.05, 3.63) is 59.9 Å². The second-order valence-electron chi connectivity index (χ2n) is 6.87. The third-order valence-electron chi connectivity index (χ3n) is 4.66. The van der Waals surface area contributed by atoms with E-state index in [0.29, 0.717) is 43.9 Å². The number of amides is 3. The van der Waals surface area contributed by atoms with Gasteiger partial charge in [0.05, 0.1) is 4.90 Å². The molecule has 1 saturated heterocycles. The van der Waals surface area contributed by atoms with Gasteiger partial charge in [-0.1, -0.05) is 12.1 Å². The van der Waals surface area contributed by atoms with Crippen LogP contribution >= 0.6 is 0 Å². The van der Waals surface area contributed by atoms with E-state index in [1.807, 2.05) is 0 Å². The van der Waals surface area contributed by atoms with Crippen LogP contribution in [0, 0.1) is 5.82 Å². The van der Waals surface area contributed by atoms with E-state index in [-0.39, 0.29) is 16.8 Å². The molecule has 2 aromatic carbocycles. The standard InChI is InChI=1S/C20H22FN3O4S/c1-29(27,28)18-8-2-5-15(13-18)19(25)23-9-4-10-24(12-11-23)20(26)22-17-7-3-6-16(21)14-17/h2-3,5-8,13-14H,4,9-12H2,1H3,(H,22,26). The molecule has 1 aliphatic rings. The first-order valence-electron chi connectivity index (χ1n) is 9.15. The van der Waals surface area contributed by atoms with Crippen molar-refractivity contribution in [2.75, 3.05) is 37.8 Å². The molecule has 0 spiro atoms. The highest BCUT2D eigenvalue weighted by Gasteiger charge is 2.23. The Morgan fingerprint density at radius 3 is 2.38 bits per heavy atom. The van der Waals surface area contributed by atoms with Crippen LogP contribution in [0.5, 0.6) is 0 Å². The Bertz CT molecular complexity index is 1030. The molecule has 0 radical (unpaired) electrons. The molecule has 154 valence electrons. The molecule has 1 aliphatic heterocycles. The summed E-state index contributed by atoms with van der Waals surface area (Å²) in [5.74, 6) is -0.713. The van der Waals surface area contributed by atoms with Crippen LogP contribution in [0.3, 0.4) is 0 Å². The fraction of sp³-hybridized carbons (Fsp3) is 0.300. The van der Waals surface area contributed by atoms with Crippen molar-refractivity contribution < 1.29 is 22.4 Å². The lowest BCUT2D eigenvalue weighted by Gasteiger charge is -2.22. The number of benzene rings is 2. The van der Waals surface area contributed by atoms with E-state index in [1.54, 1.807) is 28.0 Å². The maximum absolute atomic E-state index is 13.3. The fourth-order valence-electron chi connectivity index (χ4n) is 3.13. The zero-order valence-electron chi connectivity index (χ0n) is 16.0. The Balaban J connectivity index is 1.65. The van der Waals surface area contributed by atoms with Crippen LogP contribution in [0.1, 0.15) is 16.8 Å². The van der Waals surface area contributed by atoms with Gasteiger partial charge in [-0.05, 0) is 42.8 Å². The number of carbonyl (C=O) groups is 2. The van der Waals surface area contributed by atoms with E-state index < -0.39 is 15.7 Å². The molecule has 0 unspecified atom stereocenters. The summed E-state index contributed by atoms with van der Waals surface area (Å²) in [6.07, 6.45) is 1.67. The molecule has 2 aromatic rings. The second-order valence-corrected chi connectivity index (χ2v) is 8.89. The van der Waals surface area contributed by atoms with E-state index >= 15 is 0 Å². The van der Waals surface area contributed by atoms with Gasteiger partial charge < -0.3 is 15.1 Å². The van der Waals surface area contributed by atoms with Crippen molar-refractivity contribution >= 4 is 27.5 Å². The predicted molar refractivity (Wildman–Crippen MR) is 107 cm³/mol. The minimum atomic E-state index is -3.41. The van der Waals surface area contributed by atoms with Crippen LogP contribution in [-0.2, 0) is 9.84 Å². The predicted octanol–water partition coefficient (Wildman–Crippen LogP) is 2.61. The van der Waals surface area contributed by atoms with E-state index in [0.717, 1.165) is 6.26 Å². The minimum absolute atomic E-state index is 0.0919. The first-order chi connectivity index (χ1) is 13.7. The zero-order chi connectivity index (χ0) is 21.0. The van der Waals surface area contributed by atoms with Crippen LogP contribution in [0.15, 0.2) is 53.4 Å². The molecule has 0 atom stereocenters. The van der Waals surface area contributed by atoms with Crippen LogP contribution in [0.4, 0.5) is 14.9 Å². The minimum Gasteiger partial charge on any atom is -0.337 e. The van der Waals surface area contributed by atoms with Crippen LogP contribution in [0.25, 0.3) is 0 Å². The third kappa shape index (κ3) is 5.32. The summed E-state index contributed by atoms with van der Waals surface area (Å²) >= 11 is 0. The van der Waals surface area contributed by atoms with Crippen molar-refractivity contribution in [1.29, 1.82) is 0 Å². The van der Waals surface area contributed by atoms with Crippen molar-refractivity contribution in [3.8, 4) is 0 Å². The maximum atomic E-state index is 13.3. The summed E-state index contributed by atoms with van der Waals surface area (Å²) < 4.78 is 36.7. The summed E-state index contributed by atoms with van der Waals surface area (Å²) in [5, 5.41) is 2.66. The van der Waals surface area contributed by atoms with Gasteiger partial charge in [-0.2, -0.15) is 0 Å².